The van der Waals surface area contributed by atoms with Gasteiger partial charge in [-0.1, -0.05) is 42.0 Å². The van der Waals surface area contributed by atoms with Gasteiger partial charge in [0.1, 0.15) is 0 Å². The minimum Gasteiger partial charge on any atom is -0.383 e. The molecule has 0 aliphatic rings. The van der Waals surface area contributed by atoms with Crippen LogP contribution in [0.2, 0.25) is 0 Å². The summed E-state index contributed by atoms with van der Waals surface area (Å²) in [6.45, 7) is 3.56. The lowest BCUT2D eigenvalue weighted by Gasteiger charge is -2.21. The highest BCUT2D eigenvalue weighted by atomic mass is 16.5. The van der Waals surface area contributed by atoms with Gasteiger partial charge in [-0.3, -0.25) is 9.78 Å². The molecule has 1 aromatic heterocycles. The molecule has 4 heteroatoms. The van der Waals surface area contributed by atoms with Crippen LogP contribution in [0.3, 0.4) is 0 Å². The minimum absolute atomic E-state index is 0.00765. The van der Waals surface area contributed by atoms with Gasteiger partial charge >= 0.3 is 0 Å². The minimum atomic E-state index is 0.00765. The highest BCUT2D eigenvalue weighted by Gasteiger charge is 2.12. The lowest BCUT2D eigenvalue weighted by molar-refractivity contribution is -0.127. The van der Waals surface area contributed by atoms with Gasteiger partial charge in [-0.2, -0.15) is 0 Å². The van der Waals surface area contributed by atoms with Crippen molar-refractivity contribution in [2.45, 2.75) is 26.3 Å². The van der Waals surface area contributed by atoms with E-state index in [4.69, 9.17) is 4.74 Å². The number of nitrogens with zero attached hydrogens (tertiary/aromatic N) is 2. The Kier molecular flexibility index (Phi) is 7.86. The number of carbonyl (C=O) groups excluding carboxylic acids is 1. The predicted molar refractivity (Wildman–Crippen MR) is 100 cm³/mol. The number of ether oxygens (including phenoxy) is 1. The van der Waals surface area contributed by atoms with E-state index in [0.29, 0.717) is 19.7 Å². The van der Waals surface area contributed by atoms with Gasteiger partial charge in [-0.05, 0) is 37.5 Å². The number of methoxy groups -OCH3 is 1. The van der Waals surface area contributed by atoms with E-state index in [2.05, 4.69) is 17.1 Å². The van der Waals surface area contributed by atoms with E-state index < -0.39 is 0 Å². The van der Waals surface area contributed by atoms with Crippen molar-refractivity contribution < 1.29 is 9.53 Å². The molecule has 0 saturated carbocycles. The SMILES string of the molecule is COCCN(Cc1ccccn1)C(=O)C=C(C)CCc1ccccc1. The van der Waals surface area contributed by atoms with Crippen LogP contribution >= 0.6 is 0 Å². The molecular formula is C21H26N2O2. The molecule has 1 heterocycles. The maximum absolute atomic E-state index is 12.6. The highest BCUT2D eigenvalue weighted by Crippen LogP contribution is 2.10. The summed E-state index contributed by atoms with van der Waals surface area (Å²) in [5, 5.41) is 0. The molecule has 0 atom stereocenters. The Labute approximate surface area is 150 Å². The molecular weight excluding hydrogens is 312 g/mol. The number of hydrogen-bond donors (Lipinski definition) is 0. The molecule has 1 amide bonds. The van der Waals surface area contributed by atoms with Crippen LogP contribution in [0.25, 0.3) is 0 Å². The molecule has 0 bridgehead atoms. The lowest BCUT2D eigenvalue weighted by Crippen LogP contribution is -2.32. The predicted octanol–water partition coefficient (Wildman–Crippen LogP) is 3.64. The van der Waals surface area contributed by atoms with Gasteiger partial charge in [0.05, 0.1) is 18.8 Å². The van der Waals surface area contributed by atoms with E-state index in [1.54, 1.807) is 24.3 Å². The number of pyridine rings is 1. The van der Waals surface area contributed by atoms with E-state index in [1.165, 1.54) is 5.56 Å². The van der Waals surface area contributed by atoms with Gasteiger partial charge in [0.15, 0.2) is 0 Å². The van der Waals surface area contributed by atoms with Crippen molar-refractivity contribution >= 4 is 5.91 Å². The van der Waals surface area contributed by atoms with E-state index in [1.807, 2.05) is 43.3 Å². The van der Waals surface area contributed by atoms with Crippen molar-refractivity contribution in [1.29, 1.82) is 0 Å². The normalized spacial score (nSPS) is 11.4. The second-order valence-corrected chi connectivity index (χ2v) is 6.05. The summed E-state index contributed by atoms with van der Waals surface area (Å²) in [5.74, 6) is 0.00765. The third kappa shape index (κ3) is 6.89. The maximum atomic E-state index is 12.6. The van der Waals surface area contributed by atoms with Gasteiger partial charge < -0.3 is 9.64 Å². The van der Waals surface area contributed by atoms with Crippen LogP contribution in [-0.2, 0) is 22.5 Å². The number of carbonyl (C=O) groups is 1. The number of rotatable bonds is 9. The van der Waals surface area contributed by atoms with Crippen LogP contribution in [0.1, 0.15) is 24.6 Å². The molecule has 0 fully saturated rings. The fraction of sp³-hybridized carbons (Fsp3) is 0.333. The highest BCUT2D eigenvalue weighted by molar-refractivity contribution is 5.88. The molecule has 2 aromatic rings. The molecule has 4 nitrogen and oxygen atoms in total. The zero-order chi connectivity index (χ0) is 17.9. The lowest BCUT2D eigenvalue weighted by atomic mass is 10.1. The summed E-state index contributed by atoms with van der Waals surface area (Å²) in [4.78, 5) is 18.7. The first-order valence-electron chi connectivity index (χ1n) is 8.58. The first kappa shape index (κ1) is 18.9. The molecule has 0 aliphatic carbocycles. The Bertz CT molecular complexity index is 669. The van der Waals surface area contributed by atoms with E-state index in [-0.39, 0.29) is 5.91 Å². The second-order valence-electron chi connectivity index (χ2n) is 6.05. The zero-order valence-corrected chi connectivity index (χ0v) is 15.0. The van der Waals surface area contributed by atoms with Crippen molar-refractivity contribution in [3.05, 3.63) is 77.6 Å². The Hall–Kier alpha value is -2.46. The Morgan fingerprint density at radius 1 is 1.16 bits per heavy atom. The van der Waals surface area contributed by atoms with Crippen LogP contribution in [0.15, 0.2) is 66.4 Å². The summed E-state index contributed by atoms with van der Waals surface area (Å²) < 4.78 is 5.14. The summed E-state index contributed by atoms with van der Waals surface area (Å²) in [6, 6.07) is 16.1. The number of amides is 1. The fourth-order valence-electron chi connectivity index (χ4n) is 2.52. The van der Waals surface area contributed by atoms with Gasteiger partial charge in [0, 0.05) is 25.9 Å². The average Bonchev–Trinajstić information content (AvgIpc) is 2.65. The molecule has 1 aromatic carbocycles. The molecule has 0 spiro atoms. The van der Waals surface area contributed by atoms with Crippen LogP contribution in [0.4, 0.5) is 0 Å². The number of aromatic nitrogens is 1. The van der Waals surface area contributed by atoms with E-state index in [9.17, 15) is 4.79 Å². The van der Waals surface area contributed by atoms with Crippen molar-refractivity contribution in [3.63, 3.8) is 0 Å². The summed E-state index contributed by atoms with van der Waals surface area (Å²) in [6.07, 6.45) is 5.29. The first-order valence-corrected chi connectivity index (χ1v) is 8.58. The average molecular weight is 338 g/mol. The standard InChI is InChI=1S/C21H26N2O2/c1-18(11-12-19-8-4-3-5-9-19)16-21(24)23(14-15-25-2)17-20-10-6-7-13-22-20/h3-10,13,16H,11-12,14-15,17H2,1-2H3. The summed E-state index contributed by atoms with van der Waals surface area (Å²) >= 11 is 0. The maximum Gasteiger partial charge on any atom is 0.246 e. The number of allylic oxidation sites excluding steroid dienone is 1. The summed E-state index contributed by atoms with van der Waals surface area (Å²) in [7, 11) is 1.64. The fourth-order valence-corrected chi connectivity index (χ4v) is 2.52. The molecule has 0 aliphatic heterocycles. The van der Waals surface area contributed by atoms with Crippen molar-refractivity contribution in [3.8, 4) is 0 Å². The van der Waals surface area contributed by atoms with Gasteiger partial charge in [0.25, 0.3) is 0 Å². The second kappa shape index (κ2) is 10.4. The quantitative estimate of drug-likeness (QED) is 0.656. The Morgan fingerprint density at radius 3 is 2.60 bits per heavy atom. The zero-order valence-electron chi connectivity index (χ0n) is 15.0. The third-order valence-electron chi connectivity index (χ3n) is 3.98. The monoisotopic (exact) mass is 338 g/mol. The van der Waals surface area contributed by atoms with E-state index in [0.717, 1.165) is 24.1 Å². The molecule has 2 rings (SSSR count). The van der Waals surface area contributed by atoms with Gasteiger partial charge in [-0.25, -0.2) is 0 Å². The molecule has 0 saturated heterocycles. The van der Waals surface area contributed by atoms with E-state index >= 15 is 0 Å². The van der Waals surface area contributed by atoms with Crippen molar-refractivity contribution in [2.24, 2.45) is 0 Å². The molecule has 0 N–H and O–H groups in total. The topological polar surface area (TPSA) is 42.4 Å². The van der Waals surface area contributed by atoms with Gasteiger partial charge in [0.2, 0.25) is 5.91 Å². The number of aryl methyl sites for hydroxylation is 1. The Balaban J connectivity index is 1.96. The van der Waals surface area contributed by atoms with Crippen LogP contribution in [-0.4, -0.2) is 36.1 Å². The smallest absolute Gasteiger partial charge is 0.246 e. The van der Waals surface area contributed by atoms with Crippen molar-refractivity contribution in [1.82, 2.24) is 9.88 Å². The molecule has 132 valence electrons. The van der Waals surface area contributed by atoms with Crippen LogP contribution < -0.4 is 0 Å². The van der Waals surface area contributed by atoms with Crippen LogP contribution in [0.5, 0.6) is 0 Å². The first-order chi connectivity index (χ1) is 12.2. The molecule has 25 heavy (non-hydrogen) atoms. The van der Waals surface area contributed by atoms with Gasteiger partial charge in [-0.15, -0.1) is 0 Å². The number of hydrogen-bond acceptors (Lipinski definition) is 3. The number of benzene rings is 1. The summed E-state index contributed by atoms with van der Waals surface area (Å²) in [5.41, 5.74) is 3.24. The molecule has 0 radical (unpaired) electrons. The van der Waals surface area contributed by atoms with Crippen molar-refractivity contribution in [2.75, 3.05) is 20.3 Å². The van der Waals surface area contributed by atoms with Crippen LogP contribution in [0, 0.1) is 0 Å². The largest absolute Gasteiger partial charge is 0.383 e. The third-order valence-corrected chi connectivity index (χ3v) is 3.98. The molecule has 0 unspecified atom stereocenters. The Morgan fingerprint density at radius 2 is 1.92 bits per heavy atom.